The lowest BCUT2D eigenvalue weighted by Gasteiger charge is -2.50. The molecule has 2 N–H and O–H groups in total. The van der Waals surface area contributed by atoms with E-state index in [1.165, 1.54) is 6.20 Å². The molecule has 6 nitrogen and oxygen atoms in total. The molecule has 31 heavy (non-hydrogen) atoms. The first kappa shape index (κ1) is 23.2. The number of benzene rings is 1. The highest BCUT2D eigenvalue weighted by molar-refractivity contribution is 6.30. The van der Waals surface area contributed by atoms with Gasteiger partial charge < -0.3 is 15.3 Å². The number of hydrogen-bond acceptors (Lipinski definition) is 4. The summed E-state index contributed by atoms with van der Waals surface area (Å²) in [4.78, 5) is 31.7. The number of pyridine rings is 1. The topological polar surface area (TPSA) is 82.5 Å². The smallest absolute Gasteiger partial charge is 0.251 e. The minimum absolute atomic E-state index is 0.0578. The number of amides is 2. The summed E-state index contributed by atoms with van der Waals surface area (Å²) >= 11 is 5.94. The molecule has 1 unspecified atom stereocenters. The second-order valence-electron chi connectivity index (χ2n) is 9.55. The predicted molar refractivity (Wildman–Crippen MR) is 121 cm³/mol. The summed E-state index contributed by atoms with van der Waals surface area (Å²) < 4.78 is 0. The van der Waals surface area contributed by atoms with Crippen LogP contribution in [-0.2, 0) is 10.4 Å². The summed E-state index contributed by atoms with van der Waals surface area (Å²) in [7, 11) is 0. The van der Waals surface area contributed by atoms with Crippen molar-refractivity contribution in [1.82, 2.24) is 15.2 Å². The van der Waals surface area contributed by atoms with Crippen molar-refractivity contribution in [3.63, 3.8) is 0 Å². The third-order valence-electron chi connectivity index (χ3n) is 6.03. The quantitative estimate of drug-likeness (QED) is 0.736. The molecule has 2 aromatic rings. The molecule has 0 spiro atoms. The number of nitrogens with one attached hydrogen (secondary N) is 1. The Morgan fingerprint density at radius 1 is 1.19 bits per heavy atom. The fraction of sp³-hybridized carbons (Fsp3) is 0.458. The van der Waals surface area contributed by atoms with E-state index in [4.69, 9.17) is 11.6 Å². The van der Waals surface area contributed by atoms with Gasteiger partial charge in [0, 0.05) is 48.6 Å². The number of carbonyl (C=O) groups excluding carboxylic acids is 2. The van der Waals surface area contributed by atoms with Crippen LogP contribution in [0.2, 0.25) is 5.02 Å². The molecule has 7 heteroatoms. The summed E-state index contributed by atoms with van der Waals surface area (Å²) in [5, 5.41) is 14.9. The Balaban J connectivity index is 1.66. The fourth-order valence-corrected chi connectivity index (χ4v) is 4.25. The Kier molecular flexibility index (Phi) is 6.44. The van der Waals surface area contributed by atoms with E-state index in [1.807, 2.05) is 33.8 Å². The molecule has 0 radical (unpaired) electrons. The van der Waals surface area contributed by atoms with Crippen LogP contribution in [0, 0.1) is 5.41 Å². The highest BCUT2D eigenvalue weighted by atomic mass is 35.5. The van der Waals surface area contributed by atoms with Crippen LogP contribution in [0.5, 0.6) is 0 Å². The molecule has 1 aliphatic heterocycles. The molecule has 1 atom stereocenters. The van der Waals surface area contributed by atoms with Crippen LogP contribution in [-0.4, -0.2) is 45.4 Å². The van der Waals surface area contributed by atoms with Gasteiger partial charge in [-0.25, -0.2) is 0 Å². The fourth-order valence-electron chi connectivity index (χ4n) is 4.13. The molecular formula is C24H30ClN3O3. The lowest BCUT2D eigenvalue weighted by molar-refractivity contribution is -0.155. The summed E-state index contributed by atoms with van der Waals surface area (Å²) in [5.74, 6) is -0.266. The van der Waals surface area contributed by atoms with Gasteiger partial charge in [-0.05, 0) is 38.1 Å². The van der Waals surface area contributed by atoms with E-state index in [9.17, 15) is 14.7 Å². The van der Waals surface area contributed by atoms with E-state index in [0.29, 0.717) is 35.8 Å². The average molecular weight is 444 g/mol. The molecule has 1 fully saturated rings. The number of aliphatic hydroxyl groups is 1. The van der Waals surface area contributed by atoms with Crippen molar-refractivity contribution in [2.24, 2.45) is 5.41 Å². The van der Waals surface area contributed by atoms with Crippen molar-refractivity contribution in [3.8, 4) is 0 Å². The van der Waals surface area contributed by atoms with Gasteiger partial charge in [0.2, 0.25) is 5.91 Å². The lowest BCUT2D eigenvalue weighted by atomic mass is 9.68. The molecule has 2 amide bonds. The zero-order valence-corrected chi connectivity index (χ0v) is 19.2. The maximum Gasteiger partial charge on any atom is 0.251 e. The molecule has 1 aromatic heterocycles. The van der Waals surface area contributed by atoms with Crippen LogP contribution in [0.15, 0.2) is 48.7 Å². The number of nitrogens with zero attached hydrogens (tertiary/aromatic N) is 2. The summed E-state index contributed by atoms with van der Waals surface area (Å²) in [6.45, 7) is 8.35. The molecular weight excluding hydrogens is 414 g/mol. The van der Waals surface area contributed by atoms with E-state index in [0.717, 1.165) is 0 Å². The minimum atomic E-state index is -1.16. The van der Waals surface area contributed by atoms with E-state index in [1.54, 1.807) is 41.3 Å². The number of piperidine rings is 1. The number of aromatic nitrogens is 1. The Morgan fingerprint density at radius 3 is 2.45 bits per heavy atom. The number of likely N-dealkylation sites (tertiary alicyclic amines) is 1. The first-order valence-electron chi connectivity index (χ1n) is 10.4. The zero-order valence-electron chi connectivity index (χ0n) is 18.5. The molecule has 1 aromatic carbocycles. The van der Waals surface area contributed by atoms with Crippen molar-refractivity contribution in [1.29, 1.82) is 0 Å². The van der Waals surface area contributed by atoms with Gasteiger partial charge in [-0.3, -0.25) is 14.6 Å². The van der Waals surface area contributed by atoms with Crippen LogP contribution in [0.3, 0.4) is 0 Å². The standard InChI is InChI=1S/C24H30ClN3O3/c1-22(2)16-28(13-12-24(22,31)19-11-10-18(25)15-26-19)20(29)14-23(3,4)27-21(30)17-8-6-5-7-9-17/h5-11,15,31H,12-14,16H2,1-4H3,(H,27,30). The monoisotopic (exact) mass is 443 g/mol. The first-order valence-corrected chi connectivity index (χ1v) is 10.8. The van der Waals surface area contributed by atoms with Crippen LogP contribution < -0.4 is 5.32 Å². The number of halogens is 1. The largest absolute Gasteiger partial charge is 0.383 e. The Labute approximate surface area is 188 Å². The maximum atomic E-state index is 13.1. The van der Waals surface area contributed by atoms with E-state index in [2.05, 4.69) is 10.3 Å². The van der Waals surface area contributed by atoms with Crippen LogP contribution in [0.25, 0.3) is 0 Å². The second kappa shape index (κ2) is 8.60. The van der Waals surface area contributed by atoms with Crippen molar-refractivity contribution in [3.05, 3.63) is 64.9 Å². The van der Waals surface area contributed by atoms with E-state index in [-0.39, 0.29) is 18.2 Å². The first-order chi connectivity index (χ1) is 14.4. The van der Waals surface area contributed by atoms with Gasteiger partial charge >= 0.3 is 0 Å². The Bertz CT molecular complexity index is 944. The van der Waals surface area contributed by atoms with Crippen molar-refractivity contribution in [2.45, 2.75) is 51.7 Å². The highest BCUT2D eigenvalue weighted by Gasteiger charge is 2.50. The molecule has 0 saturated carbocycles. The zero-order chi connectivity index (χ0) is 22.9. The Morgan fingerprint density at radius 2 is 1.87 bits per heavy atom. The van der Waals surface area contributed by atoms with E-state index >= 15 is 0 Å². The third-order valence-corrected chi connectivity index (χ3v) is 6.26. The Hall–Kier alpha value is -2.44. The molecule has 2 heterocycles. The van der Waals surface area contributed by atoms with Crippen LogP contribution >= 0.6 is 11.6 Å². The third kappa shape index (κ3) is 5.08. The number of carbonyl (C=O) groups is 2. The summed E-state index contributed by atoms with van der Waals surface area (Å²) in [6.07, 6.45) is 2.07. The van der Waals surface area contributed by atoms with Crippen LogP contribution in [0.1, 0.15) is 56.6 Å². The molecule has 3 rings (SSSR count). The SMILES string of the molecule is CC(C)(CC(=O)N1CCC(O)(c2ccc(Cl)cn2)C(C)(C)C1)NC(=O)c1ccccc1. The van der Waals surface area contributed by atoms with Gasteiger partial charge in [-0.15, -0.1) is 0 Å². The molecule has 0 aliphatic carbocycles. The normalized spacial score (nSPS) is 20.9. The summed E-state index contributed by atoms with van der Waals surface area (Å²) in [5.41, 5.74) is -1.36. The molecule has 166 valence electrons. The molecule has 0 bridgehead atoms. The predicted octanol–water partition coefficient (Wildman–Crippen LogP) is 3.78. The molecule has 1 saturated heterocycles. The van der Waals surface area contributed by atoms with Gasteiger partial charge in [-0.1, -0.05) is 43.6 Å². The van der Waals surface area contributed by atoms with Gasteiger partial charge in [0.15, 0.2) is 0 Å². The maximum absolute atomic E-state index is 13.1. The van der Waals surface area contributed by atoms with Crippen molar-refractivity contribution in [2.75, 3.05) is 13.1 Å². The van der Waals surface area contributed by atoms with Gasteiger partial charge in [-0.2, -0.15) is 0 Å². The second-order valence-corrected chi connectivity index (χ2v) is 9.99. The number of hydrogen-bond donors (Lipinski definition) is 2. The van der Waals surface area contributed by atoms with Crippen molar-refractivity contribution < 1.29 is 14.7 Å². The van der Waals surface area contributed by atoms with Gasteiger partial charge in [0.05, 0.1) is 10.7 Å². The average Bonchev–Trinajstić information content (AvgIpc) is 2.70. The number of rotatable bonds is 5. The van der Waals surface area contributed by atoms with Gasteiger partial charge in [0.25, 0.3) is 5.91 Å². The van der Waals surface area contributed by atoms with Crippen LogP contribution in [0.4, 0.5) is 0 Å². The lowest BCUT2D eigenvalue weighted by Crippen LogP contribution is -2.58. The summed E-state index contributed by atoms with van der Waals surface area (Å²) in [6, 6.07) is 12.4. The van der Waals surface area contributed by atoms with E-state index < -0.39 is 16.6 Å². The minimum Gasteiger partial charge on any atom is -0.383 e. The highest BCUT2D eigenvalue weighted by Crippen LogP contribution is 2.45. The molecule has 1 aliphatic rings. The van der Waals surface area contributed by atoms with Gasteiger partial charge in [0.1, 0.15) is 5.60 Å². The van der Waals surface area contributed by atoms with Crippen molar-refractivity contribution >= 4 is 23.4 Å².